The highest BCUT2D eigenvalue weighted by Gasteiger charge is 2.12. The minimum absolute atomic E-state index is 0.151. The molecule has 0 radical (unpaired) electrons. The van der Waals surface area contributed by atoms with E-state index in [4.69, 9.17) is 16.3 Å². The van der Waals surface area contributed by atoms with Gasteiger partial charge in [0.2, 0.25) is 0 Å². The van der Waals surface area contributed by atoms with Crippen LogP contribution in [0.5, 0.6) is 0 Å². The fraction of sp³-hybridized carbons (Fsp3) is 0.467. The van der Waals surface area contributed by atoms with Crippen molar-refractivity contribution in [3.63, 3.8) is 0 Å². The molecule has 0 bridgehead atoms. The Labute approximate surface area is 134 Å². The number of imidazole rings is 1. The van der Waals surface area contributed by atoms with Crippen molar-refractivity contribution in [3.05, 3.63) is 35.2 Å². The zero-order chi connectivity index (χ0) is 15.4. The summed E-state index contributed by atoms with van der Waals surface area (Å²) < 4.78 is 7.06. The van der Waals surface area contributed by atoms with Gasteiger partial charge in [-0.05, 0) is 25.1 Å². The van der Waals surface area contributed by atoms with Crippen molar-refractivity contribution >= 4 is 23.2 Å². The van der Waals surface area contributed by atoms with Crippen LogP contribution in [0.25, 0.3) is 5.65 Å². The monoisotopic (exact) mass is 322 g/mol. The number of rotatable bonds is 5. The molecule has 6 nitrogen and oxygen atoms in total. The Kier molecular flexibility index (Phi) is 4.92. The van der Waals surface area contributed by atoms with Gasteiger partial charge in [0, 0.05) is 32.0 Å². The van der Waals surface area contributed by atoms with Crippen LogP contribution in [0.1, 0.15) is 16.9 Å². The molecule has 0 unspecified atom stereocenters. The number of hydrogen-bond donors (Lipinski definition) is 1. The zero-order valence-electron chi connectivity index (χ0n) is 12.3. The molecule has 0 atom stereocenters. The fourth-order valence-electron chi connectivity index (χ4n) is 2.49. The van der Waals surface area contributed by atoms with Crippen LogP contribution in [0.15, 0.2) is 24.5 Å². The van der Waals surface area contributed by atoms with Gasteiger partial charge in [0.25, 0.3) is 5.91 Å². The Morgan fingerprint density at radius 2 is 2.14 bits per heavy atom. The van der Waals surface area contributed by atoms with Crippen LogP contribution < -0.4 is 5.32 Å². The number of hydrogen-bond acceptors (Lipinski definition) is 4. The molecule has 1 N–H and O–H groups in total. The normalized spacial score (nSPS) is 16.0. The highest BCUT2D eigenvalue weighted by Crippen LogP contribution is 2.11. The van der Waals surface area contributed by atoms with E-state index in [2.05, 4.69) is 15.2 Å². The minimum Gasteiger partial charge on any atom is -0.379 e. The van der Waals surface area contributed by atoms with Crippen molar-refractivity contribution in [2.75, 3.05) is 39.4 Å². The lowest BCUT2D eigenvalue weighted by atomic mass is 10.3. The van der Waals surface area contributed by atoms with Gasteiger partial charge in [-0.1, -0.05) is 11.6 Å². The van der Waals surface area contributed by atoms with Crippen molar-refractivity contribution in [2.45, 2.75) is 6.42 Å². The lowest BCUT2D eigenvalue weighted by molar-refractivity contribution is 0.0374. The van der Waals surface area contributed by atoms with Gasteiger partial charge in [-0.3, -0.25) is 9.69 Å². The number of carbonyl (C=O) groups is 1. The first kappa shape index (κ1) is 15.3. The van der Waals surface area contributed by atoms with E-state index in [1.165, 1.54) is 0 Å². The third kappa shape index (κ3) is 3.76. The summed E-state index contributed by atoms with van der Waals surface area (Å²) in [5.41, 5.74) is 1.12. The third-order valence-corrected chi connectivity index (χ3v) is 3.91. The van der Waals surface area contributed by atoms with Gasteiger partial charge in [0.15, 0.2) is 0 Å². The maximum Gasteiger partial charge on any atom is 0.271 e. The van der Waals surface area contributed by atoms with Crippen LogP contribution in [0.3, 0.4) is 0 Å². The lowest BCUT2D eigenvalue weighted by Crippen LogP contribution is -2.38. The number of carbonyl (C=O) groups excluding carboxylic acids is 1. The topological polar surface area (TPSA) is 58.9 Å². The summed E-state index contributed by atoms with van der Waals surface area (Å²) >= 11 is 5.92. The standard InChI is InChI=1S/C15H19ClN4O2/c16-12-2-3-14-18-13(11-20(14)10-12)15(21)17-4-1-5-19-6-8-22-9-7-19/h2-3,10-11H,1,4-9H2,(H,17,21). The summed E-state index contributed by atoms with van der Waals surface area (Å²) in [5.74, 6) is -0.151. The molecule has 118 valence electrons. The molecule has 0 aliphatic carbocycles. The number of morpholine rings is 1. The number of halogens is 1. The van der Waals surface area contributed by atoms with Crippen molar-refractivity contribution in [1.82, 2.24) is 19.6 Å². The van der Waals surface area contributed by atoms with E-state index in [9.17, 15) is 4.79 Å². The van der Waals surface area contributed by atoms with Crippen LogP contribution >= 0.6 is 11.6 Å². The summed E-state index contributed by atoms with van der Waals surface area (Å²) in [5, 5.41) is 3.52. The van der Waals surface area contributed by atoms with Crippen molar-refractivity contribution in [3.8, 4) is 0 Å². The SMILES string of the molecule is O=C(NCCCN1CCOCC1)c1cn2cc(Cl)ccc2n1. The Hall–Kier alpha value is -1.63. The molecule has 1 amide bonds. The molecular weight excluding hydrogens is 304 g/mol. The second-order valence-corrected chi connectivity index (χ2v) is 5.74. The number of aromatic nitrogens is 2. The van der Waals surface area contributed by atoms with Gasteiger partial charge in [0.1, 0.15) is 11.3 Å². The van der Waals surface area contributed by atoms with E-state index in [0.717, 1.165) is 39.3 Å². The van der Waals surface area contributed by atoms with Gasteiger partial charge in [-0.15, -0.1) is 0 Å². The van der Waals surface area contributed by atoms with E-state index in [1.54, 1.807) is 28.9 Å². The van der Waals surface area contributed by atoms with Crippen LogP contribution in [0.4, 0.5) is 0 Å². The maximum absolute atomic E-state index is 12.1. The predicted octanol–water partition coefficient (Wildman–Crippen LogP) is 1.44. The third-order valence-electron chi connectivity index (χ3n) is 3.69. The number of pyridine rings is 1. The molecule has 1 aliphatic rings. The van der Waals surface area contributed by atoms with Crippen molar-refractivity contribution in [1.29, 1.82) is 0 Å². The Morgan fingerprint density at radius 1 is 1.32 bits per heavy atom. The average Bonchev–Trinajstić information content (AvgIpc) is 2.95. The minimum atomic E-state index is -0.151. The summed E-state index contributed by atoms with van der Waals surface area (Å²) in [6.45, 7) is 5.17. The van der Waals surface area contributed by atoms with Gasteiger partial charge < -0.3 is 14.5 Å². The molecule has 7 heteroatoms. The first-order valence-corrected chi connectivity index (χ1v) is 7.83. The largest absolute Gasteiger partial charge is 0.379 e. The molecule has 2 aromatic heterocycles. The molecule has 0 spiro atoms. The first-order chi connectivity index (χ1) is 10.7. The number of amides is 1. The van der Waals surface area contributed by atoms with Crippen LogP contribution in [0.2, 0.25) is 5.02 Å². The van der Waals surface area contributed by atoms with Gasteiger partial charge in [0.05, 0.1) is 18.2 Å². The quantitative estimate of drug-likeness (QED) is 0.846. The molecule has 2 aromatic rings. The van der Waals surface area contributed by atoms with E-state index in [1.807, 2.05) is 0 Å². The molecular formula is C15H19ClN4O2. The second kappa shape index (κ2) is 7.09. The van der Waals surface area contributed by atoms with E-state index in [-0.39, 0.29) is 5.91 Å². The fourth-order valence-corrected chi connectivity index (χ4v) is 2.66. The predicted molar refractivity (Wildman–Crippen MR) is 84.4 cm³/mol. The maximum atomic E-state index is 12.1. The smallest absolute Gasteiger partial charge is 0.271 e. The molecule has 0 saturated carbocycles. The summed E-state index contributed by atoms with van der Waals surface area (Å²) in [7, 11) is 0. The van der Waals surface area contributed by atoms with E-state index in [0.29, 0.717) is 22.9 Å². The van der Waals surface area contributed by atoms with Gasteiger partial charge in [-0.2, -0.15) is 0 Å². The Balaban J connectivity index is 1.48. The molecule has 3 heterocycles. The number of fused-ring (bicyclic) bond motifs is 1. The Bertz CT molecular complexity index is 652. The van der Waals surface area contributed by atoms with Crippen molar-refractivity contribution in [2.24, 2.45) is 0 Å². The van der Waals surface area contributed by atoms with Gasteiger partial charge >= 0.3 is 0 Å². The van der Waals surface area contributed by atoms with Crippen LogP contribution in [0, 0.1) is 0 Å². The molecule has 22 heavy (non-hydrogen) atoms. The summed E-state index contributed by atoms with van der Waals surface area (Å²) in [6, 6.07) is 3.55. The summed E-state index contributed by atoms with van der Waals surface area (Å²) in [6.07, 6.45) is 4.35. The average molecular weight is 323 g/mol. The zero-order valence-corrected chi connectivity index (χ0v) is 13.1. The lowest BCUT2D eigenvalue weighted by Gasteiger charge is -2.26. The molecule has 1 fully saturated rings. The highest BCUT2D eigenvalue weighted by molar-refractivity contribution is 6.30. The van der Waals surface area contributed by atoms with Crippen LogP contribution in [-0.4, -0.2) is 59.6 Å². The number of nitrogens with one attached hydrogen (secondary N) is 1. The highest BCUT2D eigenvalue weighted by atomic mass is 35.5. The van der Waals surface area contributed by atoms with E-state index >= 15 is 0 Å². The van der Waals surface area contributed by atoms with Gasteiger partial charge in [-0.25, -0.2) is 4.98 Å². The Morgan fingerprint density at radius 3 is 2.95 bits per heavy atom. The summed E-state index contributed by atoms with van der Waals surface area (Å²) in [4.78, 5) is 18.7. The van der Waals surface area contributed by atoms with E-state index < -0.39 is 0 Å². The van der Waals surface area contributed by atoms with Crippen molar-refractivity contribution < 1.29 is 9.53 Å². The molecule has 3 rings (SSSR count). The second-order valence-electron chi connectivity index (χ2n) is 5.30. The number of nitrogens with zero attached hydrogens (tertiary/aromatic N) is 3. The molecule has 1 aliphatic heterocycles. The molecule has 1 saturated heterocycles. The first-order valence-electron chi connectivity index (χ1n) is 7.45. The molecule has 0 aromatic carbocycles. The van der Waals surface area contributed by atoms with Crippen LogP contribution in [-0.2, 0) is 4.74 Å². The number of ether oxygens (including phenoxy) is 1.